The van der Waals surface area contributed by atoms with E-state index >= 15 is 0 Å². The lowest BCUT2D eigenvalue weighted by atomic mass is 10.1. The Balaban J connectivity index is 1.85. The number of sulfonamides is 1. The minimum absolute atomic E-state index is 0.121. The zero-order valence-electron chi connectivity index (χ0n) is 16.0. The van der Waals surface area contributed by atoms with Crippen LogP contribution in [0.1, 0.15) is 34.5 Å². The lowest BCUT2D eigenvalue weighted by Crippen LogP contribution is -2.27. The number of benzene rings is 3. The molecule has 7 heteroatoms. The maximum Gasteiger partial charge on any atom is 0.262 e. The molecule has 0 saturated carbocycles. The van der Waals surface area contributed by atoms with Crippen molar-refractivity contribution in [3.8, 4) is 0 Å². The van der Waals surface area contributed by atoms with Crippen LogP contribution in [0.15, 0.2) is 77.7 Å². The van der Waals surface area contributed by atoms with E-state index in [4.69, 9.17) is 0 Å². The molecule has 0 heterocycles. The Morgan fingerprint density at radius 2 is 1.62 bits per heavy atom. The van der Waals surface area contributed by atoms with Crippen LogP contribution in [0.3, 0.4) is 0 Å². The van der Waals surface area contributed by atoms with Crippen molar-refractivity contribution in [2.75, 3.05) is 4.72 Å². The van der Waals surface area contributed by atoms with Crippen LogP contribution in [0.2, 0.25) is 0 Å². The fraction of sp³-hybridized carbons (Fsp3) is 0.136. The van der Waals surface area contributed by atoms with E-state index in [0.717, 1.165) is 11.6 Å². The van der Waals surface area contributed by atoms with Gasteiger partial charge in [0.15, 0.2) is 0 Å². The molecule has 0 aliphatic carbocycles. The van der Waals surface area contributed by atoms with Crippen LogP contribution in [0.25, 0.3) is 0 Å². The first kappa shape index (κ1) is 20.5. The molecule has 1 amide bonds. The fourth-order valence-corrected chi connectivity index (χ4v) is 3.95. The summed E-state index contributed by atoms with van der Waals surface area (Å²) in [7, 11) is -4.06. The second-order valence-electron chi connectivity index (χ2n) is 6.67. The average Bonchev–Trinajstić information content (AvgIpc) is 2.70. The SMILES string of the molecule is Cc1ccc(S(=O)(=O)Nc2ccccc2F)cc1C(=O)NC(C)c1ccccc1. The molecule has 29 heavy (non-hydrogen) atoms. The van der Waals surface area contributed by atoms with Gasteiger partial charge in [0.25, 0.3) is 15.9 Å². The number of rotatable bonds is 6. The number of carbonyl (C=O) groups is 1. The molecule has 150 valence electrons. The average molecular weight is 412 g/mol. The van der Waals surface area contributed by atoms with Crippen LogP contribution in [-0.4, -0.2) is 14.3 Å². The van der Waals surface area contributed by atoms with Gasteiger partial charge in [-0.1, -0.05) is 48.5 Å². The summed E-state index contributed by atoms with van der Waals surface area (Å²) in [5.74, 6) is -1.07. The molecule has 0 saturated heterocycles. The van der Waals surface area contributed by atoms with E-state index in [1.54, 1.807) is 13.0 Å². The van der Waals surface area contributed by atoms with E-state index in [1.807, 2.05) is 37.3 Å². The number of hydrogen-bond acceptors (Lipinski definition) is 3. The van der Waals surface area contributed by atoms with Crippen molar-refractivity contribution in [2.24, 2.45) is 0 Å². The molecule has 3 aromatic rings. The lowest BCUT2D eigenvalue weighted by molar-refractivity contribution is 0.0939. The predicted molar refractivity (Wildman–Crippen MR) is 111 cm³/mol. The normalized spacial score (nSPS) is 12.2. The first-order chi connectivity index (χ1) is 13.8. The summed E-state index contributed by atoms with van der Waals surface area (Å²) in [6.45, 7) is 3.58. The number of para-hydroxylation sites is 1. The Kier molecular flexibility index (Phi) is 5.98. The zero-order valence-corrected chi connectivity index (χ0v) is 16.8. The molecule has 5 nitrogen and oxygen atoms in total. The maximum atomic E-state index is 13.8. The third-order valence-electron chi connectivity index (χ3n) is 4.53. The summed E-state index contributed by atoms with van der Waals surface area (Å²) in [5.41, 5.74) is 1.65. The van der Waals surface area contributed by atoms with Crippen molar-refractivity contribution in [3.63, 3.8) is 0 Å². The predicted octanol–water partition coefficient (Wildman–Crippen LogP) is 4.43. The van der Waals surface area contributed by atoms with Gasteiger partial charge in [-0.3, -0.25) is 9.52 Å². The van der Waals surface area contributed by atoms with Gasteiger partial charge in [0.1, 0.15) is 5.82 Å². The summed E-state index contributed by atoms with van der Waals surface area (Å²) in [6.07, 6.45) is 0. The van der Waals surface area contributed by atoms with Crippen molar-refractivity contribution in [3.05, 3.63) is 95.3 Å². The van der Waals surface area contributed by atoms with Gasteiger partial charge in [-0.15, -0.1) is 0 Å². The van der Waals surface area contributed by atoms with Crippen LogP contribution in [0.5, 0.6) is 0 Å². The van der Waals surface area contributed by atoms with Crippen molar-refractivity contribution >= 4 is 21.6 Å². The molecule has 0 aliphatic rings. The van der Waals surface area contributed by atoms with Gasteiger partial charge in [0, 0.05) is 5.56 Å². The number of nitrogens with one attached hydrogen (secondary N) is 2. The third-order valence-corrected chi connectivity index (χ3v) is 5.89. The molecule has 1 unspecified atom stereocenters. The summed E-state index contributed by atoms with van der Waals surface area (Å²) >= 11 is 0. The van der Waals surface area contributed by atoms with Gasteiger partial charge < -0.3 is 5.32 Å². The van der Waals surface area contributed by atoms with Gasteiger partial charge in [0.2, 0.25) is 0 Å². The van der Waals surface area contributed by atoms with Crippen molar-refractivity contribution in [2.45, 2.75) is 24.8 Å². The first-order valence-corrected chi connectivity index (χ1v) is 10.5. The minimum Gasteiger partial charge on any atom is -0.346 e. The summed E-state index contributed by atoms with van der Waals surface area (Å²) in [6, 6.07) is 18.9. The number of aryl methyl sites for hydroxylation is 1. The van der Waals surface area contributed by atoms with Crippen molar-refractivity contribution in [1.29, 1.82) is 0 Å². The Hall–Kier alpha value is -3.19. The van der Waals surface area contributed by atoms with Gasteiger partial charge in [-0.2, -0.15) is 0 Å². The van der Waals surface area contributed by atoms with Crippen LogP contribution in [-0.2, 0) is 10.0 Å². The molecule has 2 N–H and O–H groups in total. The molecule has 1 atom stereocenters. The van der Waals surface area contributed by atoms with E-state index in [1.165, 1.54) is 30.3 Å². The maximum absolute atomic E-state index is 13.8. The molecule has 0 aromatic heterocycles. The standard InChI is InChI=1S/C22H21FN2O3S/c1-15-12-13-18(29(27,28)25-21-11-7-6-10-20(21)23)14-19(15)22(26)24-16(2)17-8-4-3-5-9-17/h3-14,16,25H,1-2H3,(H,24,26). The van der Waals surface area contributed by atoms with Gasteiger partial charge in [0.05, 0.1) is 16.6 Å². The summed E-state index contributed by atoms with van der Waals surface area (Å²) < 4.78 is 41.4. The number of carbonyl (C=O) groups excluding carboxylic acids is 1. The topological polar surface area (TPSA) is 75.3 Å². The first-order valence-electron chi connectivity index (χ1n) is 9.02. The van der Waals surface area contributed by atoms with Crippen LogP contribution < -0.4 is 10.0 Å². The molecular formula is C22H21FN2O3S. The highest BCUT2D eigenvalue weighted by Crippen LogP contribution is 2.22. The van der Waals surface area contributed by atoms with Gasteiger partial charge >= 0.3 is 0 Å². The number of hydrogen-bond donors (Lipinski definition) is 2. The second kappa shape index (κ2) is 8.45. The highest BCUT2D eigenvalue weighted by molar-refractivity contribution is 7.92. The Morgan fingerprint density at radius 3 is 2.31 bits per heavy atom. The Bertz CT molecular complexity index is 1130. The van der Waals surface area contributed by atoms with Crippen LogP contribution >= 0.6 is 0 Å². The molecule has 0 fully saturated rings. The third kappa shape index (κ3) is 4.81. The molecular weight excluding hydrogens is 391 g/mol. The minimum atomic E-state index is -4.06. The number of anilines is 1. The van der Waals surface area contributed by atoms with Crippen LogP contribution in [0.4, 0.5) is 10.1 Å². The highest BCUT2D eigenvalue weighted by Gasteiger charge is 2.20. The quantitative estimate of drug-likeness (QED) is 0.629. The zero-order chi connectivity index (χ0) is 21.0. The van der Waals surface area contributed by atoms with Crippen molar-refractivity contribution < 1.29 is 17.6 Å². The lowest BCUT2D eigenvalue weighted by Gasteiger charge is -2.16. The second-order valence-corrected chi connectivity index (χ2v) is 8.35. The van der Waals surface area contributed by atoms with Crippen LogP contribution in [0, 0.1) is 12.7 Å². The van der Waals surface area contributed by atoms with Gasteiger partial charge in [-0.05, 0) is 49.2 Å². The Morgan fingerprint density at radius 1 is 0.966 bits per heavy atom. The summed E-state index contributed by atoms with van der Waals surface area (Å²) in [4.78, 5) is 12.6. The van der Waals surface area contributed by atoms with Crippen molar-refractivity contribution in [1.82, 2.24) is 5.32 Å². The van der Waals surface area contributed by atoms with E-state index in [-0.39, 0.29) is 28.1 Å². The molecule has 3 rings (SSSR count). The molecule has 0 spiro atoms. The molecule has 0 aliphatic heterocycles. The largest absolute Gasteiger partial charge is 0.346 e. The van der Waals surface area contributed by atoms with E-state index in [9.17, 15) is 17.6 Å². The molecule has 3 aromatic carbocycles. The smallest absolute Gasteiger partial charge is 0.262 e. The number of amides is 1. The van der Waals surface area contributed by atoms with E-state index in [2.05, 4.69) is 10.0 Å². The number of halogens is 1. The summed E-state index contributed by atoms with van der Waals surface area (Å²) in [5, 5.41) is 2.88. The van der Waals surface area contributed by atoms with E-state index < -0.39 is 15.8 Å². The fourth-order valence-electron chi connectivity index (χ4n) is 2.86. The molecule has 0 bridgehead atoms. The van der Waals surface area contributed by atoms with E-state index in [0.29, 0.717) is 5.56 Å². The molecule has 0 radical (unpaired) electrons. The Labute approximate surface area is 169 Å². The monoisotopic (exact) mass is 412 g/mol. The van der Waals surface area contributed by atoms with Gasteiger partial charge in [-0.25, -0.2) is 12.8 Å². The highest BCUT2D eigenvalue weighted by atomic mass is 32.2.